The van der Waals surface area contributed by atoms with E-state index < -0.39 is 29.9 Å². The largest absolute Gasteiger partial charge is 0.352 e. The highest BCUT2D eigenvalue weighted by Gasteiger charge is 2.29. The molecule has 0 fully saturated rings. The van der Waals surface area contributed by atoms with Crippen molar-refractivity contribution < 1.29 is 14.4 Å². The maximum atomic E-state index is 13.5. The number of nitrogens with one attached hydrogen (secondary N) is 3. The molecule has 0 saturated carbocycles. The maximum absolute atomic E-state index is 13.5. The molecule has 0 saturated heterocycles. The summed E-state index contributed by atoms with van der Waals surface area (Å²) in [6.07, 6.45) is 3.76. The Hall–Kier alpha value is -3.23. The quantitative estimate of drug-likeness (QED) is 0.215. The number of benzene rings is 2. The lowest BCUT2D eigenvalue weighted by atomic mass is 10.00. The van der Waals surface area contributed by atoms with Crippen molar-refractivity contribution in [2.24, 2.45) is 17.4 Å². The predicted octanol–water partition coefficient (Wildman–Crippen LogP) is 2.45. The van der Waals surface area contributed by atoms with Gasteiger partial charge in [-0.1, -0.05) is 80.9 Å². The molecule has 8 nitrogen and oxygen atoms in total. The van der Waals surface area contributed by atoms with Gasteiger partial charge in [-0.05, 0) is 56.2 Å². The fraction of sp³-hybridized carbons (Fsp3) is 0.500. The monoisotopic (exact) mass is 523 g/mol. The summed E-state index contributed by atoms with van der Waals surface area (Å²) in [5.41, 5.74) is 13.6. The molecule has 4 unspecified atom stereocenters. The van der Waals surface area contributed by atoms with Crippen molar-refractivity contribution in [1.82, 2.24) is 16.0 Å². The molecule has 38 heavy (non-hydrogen) atoms. The third-order valence-corrected chi connectivity index (χ3v) is 6.37. The second kappa shape index (κ2) is 16.6. The van der Waals surface area contributed by atoms with Gasteiger partial charge in [-0.15, -0.1) is 0 Å². The minimum absolute atomic E-state index is 0.0311. The molecule has 7 N–H and O–H groups in total. The molecular formula is C30H45N5O3. The van der Waals surface area contributed by atoms with E-state index in [1.807, 2.05) is 81.4 Å². The van der Waals surface area contributed by atoms with E-state index in [2.05, 4.69) is 16.0 Å². The third kappa shape index (κ3) is 11.4. The van der Waals surface area contributed by atoms with Crippen LogP contribution in [-0.4, -0.2) is 48.4 Å². The number of nitrogens with two attached hydrogens (primary N) is 2. The molecule has 8 heteroatoms. The number of hydrogen-bond donors (Lipinski definition) is 5. The molecule has 0 radical (unpaired) electrons. The molecule has 208 valence electrons. The van der Waals surface area contributed by atoms with Crippen LogP contribution >= 0.6 is 0 Å². The Balaban J connectivity index is 2.13. The Labute approximate surface area is 227 Å². The smallest absolute Gasteiger partial charge is 0.243 e. The second-order valence-electron chi connectivity index (χ2n) is 10.4. The first kappa shape index (κ1) is 31.0. The highest BCUT2D eigenvalue weighted by atomic mass is 16.2. The fourth-order valence-electron chi connectivity index (χ4n) is 4.28. The third-order valence-electron chi connectivity index (χ3n) is 6.37. The molecule has 0 aliphatic carbocycles. The summed E-state index contributed by atoms with van der Waals surface area (Å²) in [5.74, 6) is -0.869. The Morgan fingerprint density at radius 3 is 1.79 bits per heavy atom. The van der Waals surface area contributed by atoms with Crippen LogP contribution in [-0.2, 0) is 27.2 Å². The number of carbonyl (C=O) groups excluding carboxylic acids is 3. The van der Waals surface area contributed by atoms with Crippen molar-refractivity contribution in [3.63, 3.8) is 0 Å². The van der Waals surface area contributed by atoms with Gasteiger partial charge in [-0.3, -0.25) is 14.4 Å². The number of carbonyl (C=O) groups is 3. The van der Waals surface area contributed by atoms with Gasteiger partial charge < -0.3 is 27.4 Å². The topological polar surface area (TPSA) is 139 Å². The molecule has 2 aromatic rings. The van der Waals surface area contributed by atoms with Crippen LogP contribution < -0.4 is 27.4 Å². The van der Waals surface area contributed by atoms with E-state index in [4.69, 9.17) is 11.5 Å². The Bertz CT molecular complexity index is 984. The summed E-state index contributed by atoms with van der Waals surface area (Å²) < 4.78 is 0. The maximum Gasteiger partial charge on any atom is 0.243 e. The van der Waals surface area contributed by atoms with Gasteiger partial charge in [0.2, 0.25) is 17.7 Å². The van der Waals surface area contributed by atoms with E-state index in [-0.39, 0.29) is 24.3 Å². The van der Waals surface area contributed by atoms with E-state index in [0.717, 1.165) is 30.4 Å². The molecule has 4 atom stereocenters. The molecular weight excluding hydrogens is 478 g/mol. The van der Waals surface area contributed by atoms with E-state index in [1.54, 1.807) is 0 Å². The molecule has 3 amide bonds. The first-order valence-corrected chi connectivity index (χ1v) is 13.6. The van der Waals surface area contributed by atoms with Crippen molar-refractivity contribution in [3.05, 3.63) is 71.8 Å². The summed E-state index contributed by atoms with van der Waals surface area (Å²) in [5, 5.41) is 8.77. The van der Waals surface area contributed by atoms with Crippen LogP contribution in [0, 0.1) is 5.92 Å². The van der Waals surface area contributed by atoms with Crippen LogP contribution in [0.2, 0.25) is 0 Å². The Morgan fingerprint density at radius 1 is 0.711 bits per heavy atom. The zero-order chi connectivity index (χ0) is 27.9. The van der Waals surface area contributed by atoms with Crippen LogP contribution in [0.15, 0.2) is 60.7 Å². The highest BCUT2D eigenvalue weighted by molar-refractivity contribution is 5.93. The first-order valence-electron chi connectivity index (χ1n) is 13.6. The van der Waals surface area contributed by atoms with Crippen molar-refractivity contribution >= 4 is 17.7 Å². The number of rotatable bonds is 16. The number of hydrogen-bond acceptors (Lipinski definition) is 5. The van der Waals surface area contributed by atoms with Crippen molar-refractivity contribution in [3.8, 4) is 0 Å². The van der Waals surface area contributed by atoms with E-state index in [9.17, 15) is 14.4 Å². The molecule has 0 aliphatic heterocycles. The molecule has 0 spiro atoms. The summed E-state index contributed by atoms with van der Waals surface area (Å²) in [4.78, 5) is 39.6. The lowest BCUT2D eigenvalue weighted by molar-refractivity contribution is -0.132. The lowest BCUT2D eigenvalue weighted by Crippen LogP contribution is -2.57. The molecule has 0 aliphatic rings. The lowest BCUT2D eigenvalue weighted by Gasteiger charge is -2.26. The van der Waals surface area contributed by atoms with Gasteiger partial charge in [0.15, 0.2) is 0 Å². The average molecular weight is 524 g/mol. The molecule has 2 aromatic carbocycles. The van der Waals surface area contributed by atoms with E-state index >= 15 is 0 Å². The summed E-state index contributed by atoms with van der Waals surface area (Å²) >= 11 is 0. The van der Waals surface area contributed by atoms with Crippen LogP contribution in [0.5, 0.6) is 0 Å². The number of unbranched alkanes of at least 4 members (excludes halogenated alkanes) is 1. The van der Waals surface area contributed by atoms with Crippen molar-refractivity contribution in [2.45, 2.75) is 83.5 Å². The molecule has 2 rings (SSSR count). The zero-order valence-corrected chi connectivity index (χ0v) is 23.0. The van der Waals surface area contributed by atoms with Gasteiger partial charge in [0.25, 0.3) is 0 Å². The van der Waals surface area contributed by atoms with Crippen molar-refractivity contribution in [2.75, 3.05) is 6.54 Å². The number of amides is 3. The van der Waals surface area contributed by atoms with Gasteiger partial charge in [-0.25, -0.2) is 0 Å². The standard InChI is InChI=1S/C30H45N5O3/c1-21(2)18-26(29(37)33-22(3)12-10-11-17-31)35-30(38)27(20-24-15-8-5-9-16-24)34-28(36)25(32)19-23-13-6-4-7-14-23/h4-9,13-16,21-22,25-27H,10-12,17-20,31-32H2,1-3H3,(H,33,37)(H,34,36)(H,35,38). The zero-order valence-electron chi connectivity index (χ0n) is 23.0. The van der Waals surface area contributed by atoms with Gasteiger partial charge in [0, 0.05) is 12.5 Å². The van der Waals surface area contributed by atoms with Crippen molar-refractivity contribution in [1.29, 1.82) is 0 Å². The SMILES string of the molecule is CC(C)CC(NC(=O)C(Cc1ccccc1)NC(=O)C(N)Cc1ccccc1)C(=O)NC(C)CCCCN. The minimum Gasteiger partial charge on any atom is -0.352 e. The minimum atomic E-state index is -0.879. The van der Waals surface area contributed by atoms with Crippen LogP contribution in [0.25, 0.3) is 0 Å². The fourth-order valence-corrected chi connectivity index (χ4v) is 4.28. The van der Waals surface area contributed by atoms with E-state index in [1.165, 1.54) is 0 Å². The van der Waals surface area contributed by atoms with Crippen LogP contribution in [0.3, 0.4) is 0 Å². The molecule has 0 heterocycles. The summed E-state index contributed by atoms with van der Waals surface area (Å²) in [6, 6.07) is 16.5. The average Bonchev–Trinajstić information content (AvgIpc) is 2.88. The first-order chi connectivity index (χ1) is 18.2. The van der Waals surface area contributed by atoms with Crippen LogP contribution in [0.4, 0.5) is 0 Å². The Morgan fingerprint density at radius 2 is 1.24 bits per heavy atom. The van der Waals surface area contributed by atoms with Gasteiger partial charge in [0.1, 0.15) is 12.1 Å². The molecule has 0 aromatic heterocycles. The molecule has 0 bridgehead atoms. The second-order valence-corrected chi connectivity index (χ2v) is 10.4. The summed E-state index contributed by atoms with van der Waals surface area (Å²) in [7, 11) is 0. The van der Waals surface area contributed by atoms with Gasteiger partial charge >= 0.3 is 0 Å². The van der Waals surface area contributed by atoms with Gasteiger partial charge in [-0.2, -0.15) is 0 Å². The van der Waals surface area contributed by atoms with E-state index in [0.29, 0.717) is 19.4 Å². The normalized spacial score (nSPS) is 14.3. The van der Waals surface area contributed by atoms with Gasteiger partial charge in [0.05, 0.1) is 6.04 Å². The predicted molar refractivity (Wildman–Crippen MR) is 152 cm³/mol. The summed E-state index contributed by atoms with van der Waals surface area (Å²) in [6.45, 7) is 6.58. The Kier molecular flexibility index (Phi) is 13.5. The van der Waals surface area contributed by atoms with Crippen LogP contribution in [0.1, 0.15) is 57.6 Å². The highest BCUT2D eigenvalue weighted by Crippen LogP contribution is 2.10.